The SMILES string of the molecule is CCCCCCCC[PH](CCCCCCCC)(CCCCCCCC)Cc1ccccc1.Cl.N. The van der Waals surface area contributed by atoms with E-state index in [-0.39, 0.29) is 18.6 Å². The summed E-state index contributed by atoms with van der Waals surface area (Å²) in [7, 11) is -1.24. The van der Waals surface area contributed by atoms with E-state index >= 15 is 0 Å². The van der Waals surface area contributed by atoms with Crippen LogP contribution >= 0.6 is 19.7 Å². The van der Waals surface area contributed by atoms with Crippen LogP contribution in [0, 0.1) is 0 Å². The Balaban J connectivity index is 0. The van der Waals surface area contributed by atoms with Crippen LogP contribution in [0.3, 0.4) is 0 Å². The minimum absolute atomic E-state index is 0. The van der Waals surface area contributed by atoms with Crippen molar-refractivity contribution >= 4 is 19.7 Å². The second-order valence-electron chi connectivity index (χ2n) is 10.7. The van der Waals surface area contributed by atoms with Crippen LogP contribution < -0.4 is 6.15 Å². The molecule has 0 spiro atoms. The van der Waals surface area contributed by atoms with Crippen LogP contribution in [0.15, 0.2) is 30.3 Å². The first kappa shape index (κ1) is 36.1. The van der Waals surface area contributed by atoms with Gasteiger partial charge in [-0.3, -0.25) is 0 Å². The molecule has 0 unspecified atom stereocenters. The van der Waals surface area contributed by atoms with Crippen molar-refractivity contribution in [2.75, 3.05) is 18.5 Å². The number of hydrogen-bond donors (Lipinski definition) is 1. The monoisotopic (exact) mass is 515 g/mol. The number of benzene rings is 1. The topological polar surface area (TPSA) is 35.0 Å². The molecule has 0 saturated heterocycles. The second kappa shape index (κ2) is 26.0. The summed E-state index contributed by atoms with van der Waals surface area (Å²) in [5, 5.41) is 0. The van der Waals surface area contributed by atoms with E-state index in [0.29, 0.717) is 0 Å². The first-order valence-corrected chi connectivity index (χ1v) is 17.6. The van der Waals surface area contributed by atoms with Crippen molar-refractivity contribution in [1.82, 2.24) is 6.15 Å². The zero-order valence-electron chi connectivity index (χ0n) is 23.6. The summed E-state index contributed by atoms with van der Waals surface area (Å²) >= 11 is 0. The third-order valence-electron chi connectivity index (χ3n) is 7.60. The van der Waals surface area contributed by atoms with E-state index < -0.39 is 7.26 Å². The number of unbranched alkanes of at least 4 members (excludes halogenated alkanes) is 15. The van der Waals surface area contributed by atoms with Crippen molar-refractivity contribution in [1.29, 1.82) is 0 Å². The van der Waals surface area contributed by atoms with Crippen molar-refractivity contribution in [3.63, 3.8) is 0 Å². The van der Waals surface area contributed by atoms with Gasteiger partial charge in [-0.05, 0) is 0 Å². The molecule has 0 fully saturated rings. The van der Waals surface area contributed by atoms with Gasteiger partial charge in [0.2, 0.25) is 0 Å². The van der Waals surface area contributed by atoms with Crippen molar-refractivity contribution in [2.45, 2.75) is 143 Å². The first-order chi connectivity index (χ1) is 15.8. The molecule has 1 aromatic carbocycles. The summed E-state index contributed by atoms with van der Waals surface area (Å²) < 4.78 is 0. The predicted molar refractivity (Wildman–Crippen MR) is 165 cm³/mol. The van der Waals surface area contributed by atoms with Gasteiger partial charge in [-0.25, -0.2) is 0 Å². The Bertz CT molecular complexity index is 467. The molecule has 3 heteroatoms. The Hall–Kier alpha value is -0.100. The van der Waals surface area contributed by atoms with Gasteiger partial charge in [0.25, 0.3) is 0 Å². The third kappa shape index (κ3) is 19.1. The predicted octanol–water partition coefficient (Wildman–Crippen LogP) is 11.6. The fourth-order valence-electron chi connectivity index (χ4n) is 5.51. The maximum Gasteiger partial charge on any atom is -0.147 e. The number of hydrogen-bond acceptors (Lipinski definition) is 1. The average Bonchev–Trinajstić information content (AvgIpc) is 2.81. The van der Waals surface area contributed by atoms with Crippen LogP contribution in [0.4, 0.5) is 0 Å². The van der Waals surface area contributed by atoms with E-state index in [0.717, 1.165) is 0 Å². The van der Waals surface area contributed by atoms with Gasteiger partial charge in [0, 0.05) is 0 Å². The Kier molecular flexibility index (Phi) is 27.5. The molecule has 0 heterocycles. The molecule has 34 heavy (non-hydrogen) atoms. The molecular weight excluding hydrogens is 453 g/mol. The minimum Gasteiger partial charge on any atom is -0.344 e. The van der Waals surface area contributed by atoms with E-state index in [1.54, 1.807) is 24.0 Å². The smallest absolute Gasteiger partial charge is 0.147 e. The standard InChI is InChI=1S/C31H59P.ClH.H3N/c1-4-7-10-13-16-22-27-32(28-23-17-14-11-8-5-2,29-24-18-15-12-9-6-3)30-31-25-20-19-21-26-31;;/h19-21,25-26,32H,4-18,22-24,27-30H2,1-3H3;1H;1H3. The van der Waals surface area contributed by atoms with Gasteiger partial charge in [-0.2, -0.15) is 0 Å². The molecule has 0 aromatic heterocycles. The van der Waals surface area contributed by atoms with E-state index in [9.17, 15) is 0 Å². The van der Waals surface area contributed by atoms with E-state index in [1.165, 1.54) is 122 Å². The third-order valence-corrected chi connectivity index (χ3v) is 13.0. The fraction of sp³-hybridized carbons (Fsp3) is 0.806. The van der Waals surface area contributed by atoms with Gasteiger partial charge in [0.05, 0.1) is 0 Å². The fourth-order valence-corrected chi connectivity index (χ4v) is 10.9. The molecule has 0 atom stereocenters. The Morgan fingerprint density at radius 3 is 1.15 bits per heavy atom. The largest absolute Gasteiger partial charge is 0.344 e. The van der Waals surface area contributed by atoms with Crippen molar-refractivity contribution in [2.24, 2.45) is 0 Å². The van der Waals surface area contributed by atoms with Gasteiger partial charge in [-0.1, -0.05) is 0 Å². The van der Waals surface area contributed by atoms with E-state index in [1.807, 2.05) is 0 Å². The Labute approximate surface area is 222 Å². The maximum atomic E-state index is 2.42. The zero-order valence-corrected chi connectivity index (χ0v) is 25.4. The van der Waals surface area contributed by atoms with Crippen LogP contribution in [0.5, 0.6) is 0 Å². The van der Waals surface area contributed by atoms with Gasteiger partial charge >= 0.3 is 204 Å². The number of rotatable bonds is 23. The van der Waals surface area contributed by atoms with Gasteiger partial charge in [0.15, 0.2) is 0 Å². The molecule has 0 aliphatic heterocycles. The minimum atomic E-state index is -1.24. The molecule has 1 nitrogen and oxygen atoms in total. The first-order valence-electron chi connectivity index (χ1n) is 14.8. The van der Waals surface area contributed by atoms with Crippen LogP contribution in [0.2, 0.25) is 0 Å². The molecule has 0 amide bonds. The molecule has 1 rings (SSSR count). The van der Waals surface area contributed by atoms with Crippen LogP contribution in [0.25, 0.3) is 0 Å². The van der Waals surface area contributed by atoms with E-state index in [2.05, 4.69) is 51.1 Å². The Morgan fingerprint density at radius 1 is 0.471 bits per heavy atom. The maximum absolute atomic E-state index is 2.42. The molecule has 1 aromatic rings. The Morgan fingerprint density at radius 2 is 0.794 bits per heavy atom. The summed E-state index contributed by atoms with van der Waals surface area (Å²) in [6, 6.07) is 11.6. The summed E-state index contributed by atoms with van der Waals surface area (Å²) in [6.07, 6.45) is 32.4. The van der Waals surface area contributed by atoms with Crippen molar-refractivity contribution in [3.05, 3.63) is 35.9 Å². The molecule has 0 radical (unpaired) electrons. The molecule has 0 aliphatic carbocycles. The molecule has 0 bridgehead atoms. The van der Waals surface area contributed by atoms with Crippen molar-refractivity contribution in [3.8, 4) is 0 Å². The van der Waals surface area contributed by atoms with Crippen LogP contribution in [0.1, 0.15) is 142 Å². The van der Waals surface area contributed by atoms with Gasteiger partial charge in [0.1, 0.15) is 0 Å². The molecular formula is C31H63ClNP. The molecule has 0 saturated carbocycles. The normalized spacial score (nSPS) is 11.6. The number of halogens is 1. The zero-order chi connectivity index (χ0) is 23.2. The van der Waals surface area contributed by atoms with Crippen molar-refractivity contribution < 1.29 is 0 Å². The quantitative estimate of drug-likeness (QED) is 0.114. The summed E-state index contributed by atoms with van der Waals surface area (Å²) in [5.41, 5.74) is 1.64. The van der Waals surface area contributed by atoms with Gasteiger partial charge < -0.3 is 6.15 Å². The van der Waals surface area contributed by atoms with Gasteiger partial charge in [-0.15, -0.1) is 12.4 Å². The summed E-state index contributed by atoms with van der Waals surface area (Å²) in [5.74, 6) is 0. The molecule has 0 aliphatic rings. The summed E-state index contributed by atoms with van der Waals surface area (Å²) in [6.45, 7) is 7.00. The molecule has 204 valence electrons. The average molecular weight is 516 g/mol. The van der Waals surface area contributed by atoms with Crippen LogP contribution in [-0.4, -0.2) is 18.5 Å². The molecule has 3 N–H and O–H groups in total. The summed E-state index contributed by atoms with van der Waals surface area (Å²) in [4.78, 5) is 0. The van der Waals surface area contributed by atoms with E-state index in [4.69, 9.17) is 0 Å². The second-order valence-corrected chi connectivity index (χ2v) is 15.6. The van der Waals surface area contributed by atoms with Crippen LogP contribution in [-0.2, 0) is 6.16 Å².